The molecule has 0 amide bonds. The van der Waals surface area contributed by atoms with Gasteiger partial charge in [-0.1, -0.05) is 11.6 Å². The van der Waals surface area contributed by atoms with E-state index in [0.717, 1.165) is 0 Å². The van der Waals surface area contributed by atoms with E-state index in [1.54, 1.807) is 14.2 Å². The van der Waals surface area contributed by atoms with E-state index in [0.29, 0.717) is 0 Å². The first kappa shape index (κ1) is 11.9. The molecular formula is C8H12ClNO3. The third-order valence-corrected chi connectivity index (χ3v) is 1.40. The van der Waals surface area contributed by atoms with Gasteiger partial charge in [-0.2, -0.15) is 0 Å². The highest BCUT2D eigenvalue weighted by Crippen LogP contribution is 2.31. The van der Waals surface area contributed by atoms with Crippen molar-refractivity contribution in [2.75, 3.05) is 20.0 Å². The average Bonchev–Trinajstić information content (AvgIpc) is 2.03. The zero-order valence-electron chi connectivity index (χ0n) is 7.41. The van der Waals surface area contributed by atoms with E-state index in [2.05, 4.69) is 4.74 Å². The number of anilines is 1. The first-order chi connectivity index (χ1) is 6.02. The topological polar surface area (TPSA) is 75.7 Å². The van der Waals surface area contributed by atoms with E-state index in [1.807, 2.05) is 0 Å². The van der Waals surface area contributed by atoms with Gasteiger partial charge in [-0.25, -0.2) is 0 Å². The van der Waals surface area contributed by atoms with Crippen molar-refractivity contribution in [1.29, 1.82) is 0 Å². The van der Waals surface area contributed by atoms with Crippen LogP contribution in [0.4, 0.5) is 5.69 Å². The van der Waals surface area contributed by atoms with Crippen molar-refractivity contribution in [2.45, 2.75) is 0 Å². The van der Waals surface area contributed by atoms with Crippen molar-refractivity contribution < 1.29 is 14.9 Å². The van der Waals surface area contributed by atoms with Gasteiger partial charge in [0.2, 0.25) is 0 Å². The van der Waals surface area contributed by atoms with Crippen molar-refractivity contribution in [1.82, 2.24) is 0 Å². The van der Waals surface area contributed by atoms with Crippen LogP contribution in [0.5, 0.6) is 11.5 Å². The van der Waals surface area contributed by atoms with E-state index >= 15 is 0 Å². The van der Waals surface area contributed by atoms with Gasteiger partial charge >= 0.3 is 0 Å². The summed E-state index contributed by atoms with van der Waals surface area (Å²) in [6, 6.07) is 2.38. The summed E-state index contributed by atoms with van der Waals surface area (Å²) in [5.41, 5.74) is 5.33. The molecule has 0 fully saturated rings. The Labute approximate surface area is 81.5 Å². The number of nitrogens with two attached hydrogens (primary N) is 1. The molecule has 0 aromatic heterocycles. The van der Waals surface area contributed by atoms with E-state index in [-0.39, 0.29) is 22.2 Å². The lowest BCUT2D eigenvalue weighted by molar-refractivity contribution is 0.277. The Kier molecular flexibility index (Phi) is 5.03. The molecule has 0 aliphatic rings. The molecule has 0 radical (unpaired) electrons. The molecule has 0 saturated carbocycles. The second-order valence-electron chi connectivity index (χ2n) is 2.27. The molecule has 0 saturated heterocycles. The first-order valence-corrected chi connectivity index (χ1v) is 3.77. The minimum atomic E-state index is -0.128. The number of benzene rings is 1. The summed E-state index contributed by atoms with van der Waals surface area (Å²) in [7, 11) is 3.25. The Morgan fingerprint density at radius 3 is 2.08 bits per heavy atom. The van der Waals surface area contributed by atoms with Crippen LogP contribution < -0.4 is 5.73 Å². The molecule has 13 heavy (non-hydrogen) atoms. The zero-order valence-corrected chi connectivity index (χ0v) is 8.17. The normalized spacial score (nSPS) is 8.85. The molecule has 0 aliphatic heterocycles. The molecule has 4 nitrogen and oxygen atoms in total. The smallest absolute Gasteiger partial charge is 0.140 e. The molecule has 74 valence electrons. The summed E-state index contributed by atoms with van der Waals surface area (Å²) in [6.45, 7) is 0. The molecule has 0 atom stereocenters. The highest BCUT2D eigenvalue weighted by atomic mass is 35.5. The fourth-order valence-corrected chi connectivity index (χ4v) is 0.725. The third kappa shape index (κ3) is 3.87. The number of nitrogen functional groups attached to an aromatic ring is 1. The summed E-state index contributed by atoms with van der Waals surface area (Å²) in [6.07, 6.45) is 0. The number of aromatic hydroxyl groups is 2. The maximum absolute atomic E-state index is 8.90. The lowest BCUT2D eigenvalue weighted by atomic mass is 10.3. The largest absolute Gasteiger partial charge is 0.506 e. The van der Waals surface area contributed by atoms with Crippen molar-refractivity contribution in [3.63, 3.8) is 0 Å². The van der Waals surface area contributed by atoms with Gasteiger partial charge in [0.05, 0.1) is 10.7 Å². The van der Waals surface area contributed by atoms with Gasteiger partial charge in [0.25, 0.3) is 0 Å². The summed E-state index contributed by atoms with van der Waals surface area (Å²) in [4.78, 5) is 0. The highest BCUT2D eigenvalue weighted by Gasteiger charge is 2.02. The Morgan fingerprint density at radius 1 is 1.23 bits per heavy atom. The first-order valence-electron chi connectivity index (χ1n) is 3.40. The molecule has 1 rings (SSSR count). The lowest BCUT2D eigenvalue weighted by Crippen LogP contribution is -1.84. The maximum Gasteiger partial charge on any atom is 0.140 e. The highest BCUT2D eigenvalue weighted by molar-refractivity contribution is 6.32. The Balaban J connectivity index is 0.000000424. The fourth-order valence-electron chi connectivity index (χ4n) is 0.567. The van der Waals surface area contributed by atoms with Gasteiger partial charge in [-0.05, 0) is 0 Å². The van der Waals surface area contributed by atoms with Crippen molar-refractivity contribution >= 4 is 17.3 Å². The van der Waals surface area contributed by atoms with Crippen molar-refractivity contribution in [3.05, 3.63) is 17.2 Å². The number of hydrogen-bond acceptors (Lipinski definition) is 4. The van der Waals surface area contributed by atoms with Gasteiger partial charge in [0.1, 0.15) is 11.5 Å². The predicted octanol–water partition coefficient (Wildman–Crippen LogP) is 1.60. The summed E-state index contributed by atoms with van der Waals surface area (Å²) in [5.74, 6) is -0.250. The average molecular weight is 206 g/mol. The van der Waals surface area contributed by atoms with Crippen LogP contribution in [-0.4, -0.2) is 24.4 Å². The van der Waals surface area contributed by atoms with Gasteiger partial charge in [-0.3, -0.25) is 0 Å². The predicted molar refractivity (Wildman–Crippen MR) is 52.1 cm³/mol. The van der Waals surface area contributed by atoms with Crippen LogP contribution in [0.2, 0.25) is 5.02 Å². The Hall–Kier alpha value is -1.13. The summed E-state index contributed by atoms with van der Waals surface area (Å²) < 4.78 is 4.25. The van der Waals surface area contributed by atoms with Crippen molar-refractivity contribution in [3.8, 4) is 11.5 Å². The number of rotatable bonds is 0. The number of methoxy groups -OCH3 is 1. The second-order valence-corrected chi connectivity index (χ2v) is 2.68. The molecule has 0 unspecified atom stereocenters. The molecule has 0 bridgehead atoms. The molecular weight excluding hydrogens is 194 g/mol. The molecule has 0 aliphatic carbocycles. The van der Waals surface area contributed by atoms with E-state index in [9.17, 15) is 0 Å². The number of phenols is 2. The summed E-state index contributed by atoms with van der Waals surface area (Å²) in [5, 5.41) is 17.9. The lowest BCUT2D eigenvalue weighted by Gasteiger charge is -2.00. The number of ether oxygens (including phenoxy) is 1. The van der Waals surface area contributed by atoms with Crippen LogP contribution in [0.3, 0.4) is 0 Å². The molecule has 0 spiro atoms. The van der Waals surface area contributed by atoms with Gasteiger partial charge in [0, 0.05) is 26.4 Å². The zero-order chi connectivity index (χ0) is 10.4. The van der Waals surface area contributed by atoms with Crippen LogP contribution in [0.1, 0.15) is 0 Å². The van der Waals surface area contributed by atoms with Crippen LogP contribution in [-0.2, 0) is 4.74 Å². The number of hydrogen-bond donors (Lipinski definition) is 3. The van der Waals surface area contributed by atoms with Crippen LogP contribution in [0.25, 0.3) is 0 Å². The van der Waals surface area contributed by atoms with Gasteiger partial charge < -0.3 is 20.7 Å². The van der Waals surface area contributed by atoms with Crippen LogP contribution in [0.15, 0.2) is 12.1 Å². The number of halogens is 1. The molecule has 5 heteroatoms. The molecule has 1 aromatic carbocycles. The molecule has 1 aromatic rings. The quantitative estimate of drug-likeness (QED) is 0.342. The minimum Gasteiger partial charge on any atom is -0.506 e. The van der Waals surface area contributed by atoms with Gasteiger partial charge in [-0.15, -0.1) is 0 Å². The summed E-state index contributed by atoms with van der Waals surface area (Å²) >= 11 is 5.42. The Morgan fingerprint density at radius 2 is 1.69 bits per heavy atom. The minimum absolute atomic E-state index is 0.0895. The molecule has 0 heterocycles. The van der Waals surface area contributed by atoms with E-state index < -0.39 is 0 Å². The van der Waals surface area contributed by atoms with Gasteiger partial charge in [0.15, 0.2) is 0 Å². The van der Waals surface area contributed by atoms with Crippen LogP contribution in [0, 0.1) is 0 Å². The monoisotopic (exact) mass is 205 g/mol. The van der Waals surface area contributed by atoms with Crippen molar-refractivity contribution in [2.24, 2.45) is 0 Å². The second kappa shape index (κ2) is 5.50. The Bertz CT molecular complexity index is 228. The molecule has 4 N–H and O–H groups in total. The maximum atomic E-state index is 8.90. The fraction of sp³-hybridized carbons (Fsp3) is 0.250. The standard InChI is InChI=1S/C6H6ClNO2.C2H6O/c7-3-1-6(10)4(8)2-5(3)9;1-3-2/h1-2,9-10H,8H2;1-2H3. The van der Waals surface area contributed by atoms with Crippen LogP contribution >= 0.6 is 11.6 Å². The van der Waals surface area contributed by atoms with E-state index in [4.69, 9.17) is 27.5 Å². The SMILES string of the molecule is COC.Nc1cc(O)c(Cl)cc1O. The number of phenolic OH excluding ortho intramolecular Hbond substituents is 2. The van der Waals surface area contributed by atoms with E-state index in [1.165, 1.54) is 12.1 Å². The third-order valence-electron chi connectivity index (χ3n) is 1.10.